The van der Waals surface area contributed by atoms with Gasteiger partial charge in [0.2, 0.25) is 0 Å². The van der Waals surface area contributed by atoms with Crippen molar-refractivity contribution >= 4 is 17.5 Å². The third-order valence-electron chi connectivity index (χ3n) is 5.76. The van der Waals surface area contributed by atoms with Gasteiger partial charge in [-0.05, 0) is 68.4 Å². The van der Waals surface area contributed by atoms with Crippen molar-refractivity contribution in [1.82, 2.24) is 5.32 Å². The lowest BCUT2D eigenvalue weighted by Crippen LogP contribution is -2.59. The van der Waals surface area contributed by atoms with E-state index in [0.717, 1.165) is 37.0 Å². The molecule has 5 heteroatoms. The van der Waals surface area contributed by atoms with Crippen molar-refractivity contribution in [3.8, 4) is 11.5 Å². The first-order chi connectivity index (χ1) is 10.5. The maximum absolute atomic E-state index is 12.6. The summed E-state index contributed by atoms with van der Waals surface area (Å²) < 4.78 is 0. The molecule has 4 saturated carbocycles. The van der Waals surface area contributed by atoms with E-state index in [-0.39, 0.29) is 27.8 Å². The zero-order chi connectivity index (χ0) is 15.5. The number of carbonyl (C=O) groups is 1. The molecule has 0 aromatic heterocycles. The third kappa shape index (κ3) is 2.16. The van der Waals surface area contributed by atoms with Gasteiger partial charge in [0, 0.05) is 5.54 Å². The van der Waals surface area contributed by atoms with Crippen LogP contribution in [0.3, 0.4) is 0 Å². The van der Waals surface area contributed by atoms with Crippen LogP contribution in [0.4, 0.5) is 0 Å². The van der Waals surface area contributed by atoms with E-state index in [1.54, 1.807) is 0 Å². The predicted molar refractivity (Wildman–Crippen MR) is 83.2 cm³/mol. The summed E-state index contributed by atoms with van der Waals surface area (Å²) in [5.41, 5.74) is 0.135. The highest BCUT2D eigenvalue weighted by atomic mass is 35.5. The standard InChI is InChI=1S/C17H20ClNO3/c18-14-12(1-2-13(20)15(14)21)16(22)19-17-6-9-3-10(7-17)5-11(4-9)8-17/h1-2,9-11,20-21H,3-8H2,(H,19,22). The normalized spacial score (nSPS) is 35.6. The van der Waals surface area contributed by atoms with E-state index in [1.165, 1.54) is 31.4 Å². The van der Waals surface area contributed by atoms with Crippen LogP contribution in [0.2, 0.25) is 5.02 Å². The number of rotatable bonds is 2. The Kier molecular flexibility index (Phi) is 3.09. The van der Waals surface area contributed by atoms with Gasteiger partial charge in [-0.15, -0.1) is 0 Å². The molecular weight excluding hydrogens is 302 g/mol. The van der Waals surface area contributed by atoms with Crippen molar-refractivity contribution in [2.75, 3.05) is 0 Å². The second-order valence-electron chi connectivity index (χ2n) is 7.45. The largest absolute Gasteiger partial charge is 0.504 e. The lowest BCUT2D eigenvalue weighted by atomic mass is 9.53. The van der Waals surface area contributed by atoms with Crippen LogP contribution in [-0.2, 0) is 0 Å². The molecule has 4 aliphatic rings. The smallest absolute Gasteiger partial charge is 0.253 e. The van der Waals surface area contributed by atoms with Gasteiger partial charge in [-0.3, -0.25) is 4.79 Å². The summed E-state index contributed by atoms with van der Waals surface area (Å²) in [4.78, 5) is 12.6. The van der Waals surface area contributed by atoms with Gasteiger partial charge in [0.15, 0.2) is 11.5 Å². The number of hydrogen-bond donors (Lipinski definition) is 3. The van der Waals surface area contributed by atoms with Crippen LogP contribution in [-0.4, -0.2) is 21.7 Å². The first-order valence-corrected chi connectivity index (χ1v) is 8.36. The van der Waals surface area contributed by atoms with Gasteiger partial charge in [0.25, 0.3) is 5.91 Å². The highest BCUT2D eigenvalue weighted by Gasteiger charge is 2.51. The van der Waals surface area contributed by atoms with Crippen molar-refractivity contribution < 1.29 is 15.0 Å². The van der Waals surface area contributed by atoms with Crippen LogP contribution in [0.25, 0.3) is 0 Å². The second kappa shape index (κ2) is 4.79. The van der Waals surface area contributed by atoms with E-state index in [4.69, 9.17) is 11.6 Å². The Bertz CT molecular complexity index is 608. The number of phenols is 2. The topological polar surface area (TPSA) is 69.6 Å². The molecule has 1 aromatic carbocycles. The van der Waals surface area contributed by atoms with Gasteiger partial charge in [0.1, 0.15) is 0 Å². The Morgan fingerprint density at radius 3 is 2.18 bits per heavy atom. The van der Waals surface area contributed by atoms with Crippen LogP contribution in [0.15, 0.2) is 12.1 Å². The number of aromatic hydroxyl groups is 2. The number of amides is 1. The van der Waals surface area contributed by atoms with Gasteiger partial charge in [-0.25, -0.2) is 0 Å². The lowest BCUT2D eigenvalue weighted by Gasteiger charge is -2.56. The zero-order valence-electron chi connectivity index (χ0n) is 12.3. The molecule has 0 atom stereocenters. The number of nitrogens with one attached hydrogen (secondary N) is 1. The molecule has 0 unspecified atom stereocenters. The van der Waals surface area contributed by atoms with Crippen molar-refractivity contribution in [2.45, 2.75) is 44.1 Å². The molecule has 0 saturated heterocycles. The quantitative estimate of drug-likeness (QED) is 0.731. The van der Waals surface area contributed by atoms with E-state index in [1.807, 2.05) is 0 Å². The second-order valence-corrected chi connectivity index (χ2v) is 7.82. The maximum atomic E-state index is 12.6. The summed E-state index contributed by atoms with van der Waals surface area (Å²) in [6.45, 7) is 0. The van der Waals surface area contributed by atoms with Gasteiger partial charge in [0.05, 0.1) is 10.6 Å². The molecule has 3 N–H and O–H groups in total. The van der Waals surface area contributed by atoms with Crippen molar-refractivity contribution in [3.63, 3.8) is 0 Å². The van der Waals surface area contributed by atoms with Crippen molar-refractivity contribution in [2.24, 2.45) is 17.8 Å². The molecule has 0 heterocycles. The SMILES string of the molecule is O=C(NC12CC3CC(CC(C3)C1)C2)c1ccc(O)c(O)c1Cl. The summed E-state index contributed by atoms with van der Waals surface area (Å²) >= 11 is 6.01. The van der Waals surface area contributed by atoms with Crippen LogP contribution >= 0.6 is 11.6 Å². The summed E-state index contributed by atoms with van der Waals surface area (Å²) in [6.07, 6.45) is 7.13. The lowest BCUT2D eigenvalue weighted by molar-refractivity contribution is -0.0167. The molecule has 0 spiro atoms. The Labute approximate surface area is 134 Å². The fourth-order valence-corrected chi connectivity index (χ4v) is 5.55. The van der Waals surface area contributed by atoms with Crippen LogP contribution in [0.5, 0.6) is 11.5 Å². The maximum Gasteiger partial charge on any atom is 0.253 e. The molecule has 118 valence electrons. The Balaban J connectivity index is 1.59. The number of phenolic OH excluding ortho intramolecular Hbond substituents is 2. The minimum atomic E-state index is -0.431. The summed E-state index contributed by atoms with van der Waals surface area (Å²) in [6, 6.07) is 2.77. The Hall–Kier alpha value is -1.42. The summed E-state index contributed by atoms with van der Waals surface area (Å²) in [5, 5.41) is 22.3. The first kappa shape index (κ1) is 14.2. The van der Waals surface area contributed by atoms with Crippen LogP contribution in [0, 0.1) is 17.8 Å². The van der Waals surface area contributed by atoms with Gasteiger partial charge < -0.3 is 15.5 Å². The molecule has 4 nitrogen and oxygen atoms in total. The van der Waals surface area contributed by atoms with E-state index < -0.39 is 5.75 Å². The van der Waals surface area contributed by atoms with E-state index in [2.05, 4.69) is 5.32 Å². The van der Waals surface area contributed by atoms with Gasteiger partial charge >= 0.3 is 0 Å². The summed E-state index contributed by atoms with van der Waals surface area (Å²) in [5.74, 6) is 1.25. The fraction of sp³-hybridized carbons (Fsp3) is 0.588. The molecule has 4 bridgehead atoms. The number of halogens is 1. The fourth-order valence-electron chi connectivity index (χ4n) is 5.30. The van der Waals surface area contributed by atoms with Crippen LogP contribution in [0.1, 0.15) is 48.9 Å². The highest BCUT2D eigenvalue weighted by molar-refractivity contribution is 6.35. The molecule has 1 aromatic rings. The van der Waals surface area contributed by atoms with Gasteiger partial charge in [-0.1, -0.05) is 11.6 Å². The molecule has 1 amide bonds. The van der Waals surface area contributed by atoms with E-state index in [9.17, 15) is 15.0 Å². The molecular formula is C17H20ClNO3. The highest BCUT2D eigenvalue weighted by Crippen LogP contribution is 2.55. The molecule has 4 aliphatic carbocycles. The van der Waals surface area contributed by atoms with Crippen LogP contribution < -0.4 is 5.32 Å². The Morgan fingerprint density at radius 1 is 1.09 bits per heavy atom. The Morgan fingerprint density at radius 2 is 1.64 bits per heavy atom. The average Bonchev–Trinajstić information content (AvgIpc) is 2.42. The molecule has 0 radical (unpaired) electrons. The molecule has 22 heavy (non-hydrogen) atoms. The zero-order valence-corrected chi connectivity index (χ0v) is 13.1. The van der Waals surface area contributed by atoms with Crippen molar-refractivity contribution in [3.05, 3.63) is 22.7 Å². The molecule has 4 fully saturated rings. The molecule has 0 aliphatic heterocycles. The average molecular weight is 322 g/mol. The number of carbonyl (C=O) groups excluding carboxylic acids is 1. The van der Waals surface area contributed by atoms with E-state index >= 15 is 0 Å². The molecule has 5 rings (SSSR count). The summed E-state index contributed by atoms with van der Waals surface area (Å²) in [7, 11) is 0. The third-order valence-corrected chi connectivity index (χ3v) is 6.14. The monoisotopic (exact) mass is 321 g/mol. The number of hydrogen-bond acceptors (Lipinski definition) is 3. The van der Waals surface area contributed by atoms with E-state index in [0.29, 0.717) is 0 Å². The first-order valence-electron chi connectivity index (χ1n) is 7.99. The minimum absolute atomic E-state index is 0.0813. The predicted octanol–water partition coefficient (Wildman–Crippen LogP) is 3.45. The minimum Gasteiger partial charge on any atom is -0.504 e. The van der Waals surface area contributed by atoms with Crippen molar-refractivity contribution in [1.29, 1.82) is 0 Å². The van der Waals surface area contributed by atoms with Gasteiger partial charge in [-0.2, -0.15) is 0 Å². The number of benzene rings is 1.